The van der Waals surface area contributed by atoms with Gasteiger partial charge in [0.05, 0.1) is 27.2 Å². The average molecular weight is 436 g/mol. The van der Waals surface area contributed by atoms with E-state index in [1.165, 1.54) is 17.3 Å². The predicted octanol–water partition coefficient (Wildman–Crippen LogP) is 5.04. The summed E-state index contributed by atoms with van der Waals surface area (Å²) in [6.45, 7) is 2.18. The molecule has 0 bridgehead atoms. The molecule has 0 unspecified atom stereocenters. The maximum Gasteiger partial charge on any atom is 0.234 e. The van der Waals surface area contributed by atoms with Gasteiger partial charge in [-0.3, -0.25) is 4.79 Å². The van der Waals surface area contributed by atoms with E-state index in [-0.39, 0.29) is 11.7 Å². The molecule has 1 aromatic heterocycles. The number of amides is 1. The minimum absolute atomic E-state index is 0.122. The van der Waals surface area contributed by atoms with Gasteiger partial charge in [0, 0.05) is 0 Å². The third kappa shape index (κ3) is 5.25. The number of benzene rings is 2. The molecule has 3 rings (SSSR count). The van der Waals surface area contributed by atoms with Gasteiger partial charge < -0.3 is 5.32 Å². The van der Waals surface area contributed by atoms with Crippen LogP contribution in [0.15, 0.2) is 47.6 Å². The molecule has 0 radical (unpaired) electrons. The zero-order valence-corrected chi connectivity index (χ0v) is 17.6. The Hall–Kier alpha value is -2.09. The Kier molecular flexibility index (Phi) is 7.30. The van der Waals surface area contributed by atoms with E-state index in [9.17, 15) is 4.79 Å². The lowest BCUT2D eigenvalue weighted by molar-refractivity contribution is -0.113. The number of unbranched alkanes of at least 4 members (excludes halogenated alkanes) is 1. The molecule has 0 fully saturated rings. The molecule has 1 N–H and O–H groups in total. The van der Waals surface area contributed by atoms with Crippen molar-refractivity contribution in [1.29, 1.82) is 0 Å². The van der Waals surface area contributed by atoms with Gasteiger partial charge >= 0.3 is 0 Å². The molecular weight excluding hydrogens is 417 g/mol. The van der Waals surface area contributed by atoms with Crippen LogP contribution in [0.1, 0.15) is 25.3 Å². The minimum atomic E-state index is -0.246. The van der Waals surface area contributed by atoms with E-state index in [4.69, 9.17) is 23.2 Å². The number of carbonyl (C=O) groups is 1. The highest BCUT2D eigenvalue weighted by Gasteiger charge is 2.14. The molecule has 1 heterocycles. The molecule has 0 aliphatic carbocycles. The number of hydrogen-bond acceptors (Lipinski definition) is 5. The summed E-state index contributed by atoms with van der Waals surface area (Å²) in [6, 6.07) is 13.2. The molecule has 0 spiro atoms. The first-order chi connectivity index (χ1) is 13.6. The van der Waals surface area contributed by atoms with Gasteiger partial charge in [-0.05, 0) is 53.1 Å². The Labute approximate surface area is 177 Å². The van der Waals surface area contributed by atoms with Crippen molar-refractivity contribution in [3.63, 3.8) is 0 Å². The first-order valence-corrected chi connectivity index (χ1v) is 10.6. The van der Waals surface area contributed by atoms with Crippen LogP contribution in [0.3, 0.4) is 0 Å². The van der Waals surface area contributed by atoms with Gasteiger partial charge in [0.15, 0.2) is 0 Å². The minimum Gasteiger partial charge on any atom is -0.323 e. The van der Waals surface area contributed by atoms with E-state index in [1.54, 1.807) is 22.9 Å². The van der Waals surface area contributed by atoms with Crippen molar-refractivity contribution in [2.24, 2.45) is 0 Å². The molecule has 0 saturated carbocycles. The number of hydrogen-bond donors (Lipinski definition) is 1. The second kappa shape index (κ2) is 9.91. The number of aromatic nitrogens is 4. The number of rotatable bonds is 8. The van der Waals surface area contributed by atoms with Crippen molar-refractivity contribution in [1.82, 2.24) is 20.2 Å². The van der Waals surface area contributed by atoms with Crippen LogP contribution >= 0.6 is 35.0 Å². The third-order valence-corrected chi connectivity index (χ3v) is 5.55. The largest absolute Gasteiger partial charge is 0.323 e. The van der Waals surface area contributed by atoms with Crippen molar-refractivity contribution in [3.05, 3.63) is 58.1 Å². The number of nitrogens with one attached hydrogen (secondary N) is 1. The van der Waals surface area contributed by atoms with Crippen molar-refractivity contribution in [3.8, 4) is 5.69 Å². The Morgan fingerprint density at radius 1 is 1.14 bits per heavy atom. The molecule has 0 aliphatic heterocycles. The second-order valence-electron chi connectivity index (χ2n) is 6.08. The maximum atomic E-state index is 12.3. The zero-order chi connectivity index (χ0) is 19.9. The lowest BCUT2D eigenvalue weighted by atomic mass is 10.1. The fourth-order valence-corrected chi connectivity index (χ4v) is 3.72. The average Bonchev–Trinajstić information content (AvgIpc) is 3.17. The van der Waals surface area contributed by atoms with Crippen molar-refractivity contribution in [2.45, 2.75) is 31.3 Å². The number of anilines is 1. The van der Waals surface area contributed by atoms with Crippen molar-refractivity contribution >= 4 is 46.6 Å². The van der Waals surface area contributed by atoms with Crippen LogP contribution in [0.5, 0.6) is 0 Å². The molecule has 0 saturated heterocycles. The molecule has 9 heteroatoms. The summed E-state index contributed by atoms with van der Waals surface area (Å²) in [6.07, 6.45) is 3.38. The van der Waals surface area contributed by atoms with Crippen LogP contribution < -0.4 is 5.32 Å². The molecule has 6 nitrogen and oxygen atoms in total. The number of nitrogens with zero attached hydrogens (tertiary/aromatic N) is 4. The van der Waals surface area contributed by atoms with Crippen LogP contribution in [0.25, 0.3) is 5.69 Å². The molecule has 1 amide bonds. The smallest absolute Gasteiger partial charge is 0.234 e. The molecule has 2 aromatic carbocycles. The Bertz CT molecular complexity index is 926. The summed E-state index contributed by atoms with van der Waals surface area (Å²) in [5.74, 6) is -0.124. The summed E-state index contributed by atoms with van der Waals surface area (Å²) in [5.41, 5.74) is 2.53. The summed E-state index contributed by atoms with van der Waals surface area (Å²) < 4.78 is 1.62. The van der Waals surface area contributed by atoms with Crippen LogP contribution in [0, 0.1) is 0 Å². The summed E-state index contributed by atoms with van der Waals surface area (Å²) in [7, 11) is 0. The monoisotopic (exact) mass is 435 g/mol. The lowest BCUT2D eigenvalue weighted by Gasteiger charge is -2.09. The van der Waals surface area contributed by atoms with E-state index in [2.05, 4.69) is 39.9 Å². The normalized spacial score (nSPS) is 10.8. The standard InChI is InChI=1S/C19H19Cl2N5OS/c1-2-3-5-13-8-10-14(11-9-13)26-19(23-24-25-26)28-12-17(27)22-18-15(20)6-4-7-16(18)21/h4,6-11H,2-3,5,12H2,1H3,(H,22,27). The van der Waals surface area contributed by atoms with Crippen LogP contribution in [0.4, 0.5) is 5.69 Å². The highest BCUT2D eigenvalue weighted by Crippen LogP contribution is 2.30. The number of carbonyl (C=O) groups excluding carboxylic acids is 1. The highest BCUT2D eigenvalue weighted by atomic mass is 35.5. The van der Waals surface area contributed by atoms with E-state index in [0.29, 0.717) is 20.9 Å². The topological polar surface area (TPSA) is 72.7 Å². The molecule has 28 heavy (non-hydrogen) atoms. The molecule has 0 aliphatic rings. The number of thioether (sulfide) groups is 1. The molecule has 0 atom stereocenters. The van der Waals surface area contributed by atoms with E-state index in [1.807, 2.05) is 12.1 Å². The van der Waals surface area contributed by atoms with Gasteiger partial charge in [-0.25, -0.2) is 0 Å². The zero-order valence-electron chi connectivity index (χ0n) is 15.2. The number of aryl methyl sites for hydroxylation is 1. The first-order valence-electron chi connectivity index (χ1n) is 8.83. The van der Waals surface area contributed by atoms with E-state index >= 15 is 0 Å². The Morgan fingerprint density at radius 2 is 1.86 bits per heavy atom. The van der Waals surface area contributed by atoms with Gasteiger partial charge in [-0.2, -0.15) is 4.68 Å². The number of para-hydroxylation sites is 1. The van der Waals surface area contributed by atoms with Gasteiger partial charge in [0.1, 0.15) is 0 Å². The van der Waals surface area contributed by atoms with Gasteiger partial charge in [-0.15, -0.1) is 5.10 Å². The second-order valence-corrected chi connectivity index (χ2v) is 7.83. The first kappa shape index (κ1) is 20.6. The SMILES string of the molecule is CCCCc1ccc(-n2nnnc2SCC(=O)Nc2c(Cl)cccc2Cl)cc1. The van der Waals surface area contributed by atoms with Crippen LogP contribution in [0.2, 0.25) is 10.0 Å². The highest BCUT2D eigenvalue weighted by molar-refractivity contribution is 7.99. The van der Waals surface area contributed by atoms with Crippen LogP contribution in [-0.2, 0) is 11.2 Å². The van der Waals surface area contributed by atoms with E-state index in [0.717, 1.165) is 24.9 Å². The number of tetrazole rings is 1. The molecule has 3 aromatic rings. The van der Waals surface area contributed by atoms with E-state index < -0.39 is 0 Å². The summed E-state index contributed by atoms with van der Waals surface area (Å²) >= 11 is 13.4. The molecular formula is C19H19Cl2N5OS. The predicted molar refractivity (Wildman–Crippen MR) is 114 cm³/mol. The van der Waals surface area contributed by atoms with Gasteiger partial charge in [0.25, 0.3) is 0 Å². The quantitative estimate of drug-likeness (QED) is 0.501. The summed E-state index contributed by atoms with van der Waals surface area (Å²) in [5, 5.41) is 15.8. The van der Waals surface area contributed by atoms with Gasteiger partial charge in [-0.1, -0.05) is 66.5 Å². The fraction of sp³-hybridized carbons (Fsp3) is 0.263. The third-order valence-electron chi connectivity index (χ3n) is 4.00. The maximum absolute atomic E-state index is 12.3. The van der Waals surface area contributed by atoms with Crippen molar-refractivity contribution in [2.75, 3.05) is 11.1 Å². The Morgan fingerprint density at radius 3 is 2.54 bits per heavy atom. The van der Waals surface area contributed by atoms with Gasteiger partial charge in [0.2, 0.25) is 11.1 Å². The molecule has 146 valence electrons. The van der Waals surface area contributed by atoms with Crippen molar-refractivity contribution < 1.29 is 4.79 Å². The Balaban J connectivity index is 1.63. The lowest BCUT2D eigenvalue weighted by Crippen LogP contribution is -2.15. The fourth-order valence-electron chi connectivity index (χ4n) is 2.54. The van der Waals surface area contributed by atoms with Crippen LogP contribution in [-0.4, -0.2) is 31.9 Å². The summed E-state index contributed by atoms with van der Waals surface area (Å²) in [4.78, 5) is 12.3. The number of halogens is 2.